The standard InChI is InChI=1S/C13H28N2O/c1-5-13(2)11-12(7-10-16-13)14-8-6-9-15(3)4/h12,14H,5-11H2,1-4H3. The largest absolute Gasteiger partial charge is 0.375 e. The van der Waals surface area contributed by atoms with Gasteiger partial charge in [0, 0.05) is 12.6 Å². The predicted octanol–water partition coefficient (Wildman–Crippen LogP) is 1.88. The van der Waals surface area contributed by atoms with Crippen LogP contribution in [0.25, 0.3) is 0 Å². The highest BCUT2D eigenvalue weighted by Gasteiger charge is 2.30. The second kappa shape index (κ2) is 6.58. The van der Waals surface area contributed by atoms with Crippen LogP contribution in [0.3, 0.4) is 0 Å². The summed E-state index contributed by atoms with van der Waals surface area (Å²) in [7, 11) is 4.26. The van der Waals surface area contributed by atoms with Crippen molar-refractivity contribution in [1.82, 2.24) is 10.2 Å². The fourth-order valence-electron chi connectivity index (χ4n) is 2.25. The van der Waals surface area contributed by atoms with Crippen molar-refractivity contribution < 1.29 is 4.74 Å². The van der Waals surface area contributed by atoms with Gasteiger partial charge in [0.05, 0.1) is 5.60 Å². The highest BCUT2D eigenvalue weighted by Crippen LogP contribution is 2.27. The number of rotatable bonds is 6. The second-order valence-electron chi connectivity index (χ2n) is 5.45. The molecule has 0 amide bonds. The van der Waals surface area contributed by atoms with E-state index in [0.717, 1.165) is 32.4 Å². The molecule has 0 aliphatic carbocycles. The van der Waals surface area contributed by atoms with Crippen molar-refractivity contribution in [2.24, 2.45) is 0 Å². The summed E-state index contributed by atoms with van der Waals surface area (Å²) in [4.78, 5) is 2.24. The molecule has 2 atom stereocenters. The molecule has 3 nitrogen and oxygen atoms in total. The molecule has 0 aromatic heterocycles. The Labute approximate surface area is 101 Å². The lowest BCUT2D eigenvalue weighted by atomic mass is 9.90. The topological polar surface area (TPSA) is 24.5 Å². The molecule has 2 unspecified atom stereocenters. The smallest absolute Gasteiger partial charge is 0.0666 e. The number of hydrogen-bond acceptors (Lipinski definition) is 3. The number of hydrogen-bond donors (Lipinski definition) is 1. The van der Waals surface area contributed by atoms with E-state index in [4.69, 9.17) is 4.74 Å². The first-order valence-electron chi connectivity index (χ1n) is 6.58. The molecular formula is C13H28N2O. The molecule has 0 bridgehead atoms. The summed E-state index contributed by atoms with van der Waals surface area (Å²) in [6.07, 6.45) is 4.67. The first kappa shape index (κ1) is 13.9. The van der Waals surface area contributed by atoms with Gasteiger partial charge in [-0.05, 0) is 59.8 Å². The zero-order valence-electron chi connectivity index (χ0n) is 11.4. The minimum absolute atomic E-state index is 0.109. The van der Waals surface area contributed by atoms with Gasteiger partial charge in [-0.1, -0.05) is 6.92 Å². The van der Waals surface area contributed by atoms with E-state index in [1.807, 2.05) is 0 Å². The van der Waals surface area contributed by atoms with Crippen LogP contribution < -0.4 is 5.32 Å². The molecule has 0 spiro atoms. The van der Waals surface area contributed by atoms with Crippen molar-refractivity contribution in [2.45, 2.75) is 51.2 Å². The Morgan fingerprint density at radius 2 is 2.19 bits per heavy atom. The molecule has 1 saturated heterocycles. The highest BCUT2D eigenvalue weighted by molar-refractivity contribution is 4.85. The Hall–Kier alpha value is -0.120. The van der Waals surface area contributed by atoms with Crippen molar-refractivity contribution in [3.8, 4) is 0 Å². The van der Waals surface area contributed by atoms with Gasteiger partial charge >= 0.3 is 0 Å². The van der Waals surface area contributed by atoms with Gasteiger partial charge in [0.2, 0.25) is 0 Å². The molecule has 0 saturated carbocycles. The van der Waals surface area contributed by atoms with Crippen molar-refractivity contribution in [3.63, 3.8) is 0 Å². The van der Waals surface area contributed by atoms with Gasteiger partial charge in [-0.3, -0.25) is 0 Å². The predicted molar refractivity (Wildman–Crippen MR) is 68.8 cm³/mol. The van der Waals surface area contributed by atoms with E-state index in [1.54, 1.807) is 0 Å². The Morgan fingerprint density at radius 3 is 2.81 bits per heavy atom. The first-order chi connectivity index (χ1) is 7.56. The van der Waals surface area contributed by atoms with Crippen molar-refractivity contribution in [3.05, 3.63) is 0 Å². The van der Waals surface area contributed by atoms with Crippen LogP contribution in [0.15, 0.2) is 0 Å². The second-order valence-corrected chi connectivity index (χ2v) is 5.45. The third-order valence-electron chi connectivity index (χ3n) is 3.56. The normalized spacial score (nSPS) is 30.9. The number of nitrogens with zero attached hydrogens (tertiary/aromatic N) is 1. The molecule has 0 radical (unpaired) electrons. The van der Waals surface area contributed by atoms with E-state index in [1.165, 1.54) is 13.0 Å². The average Bonchev–Trinajstić information content (AvgIpc) is 2.24. The first-order valence-corrected chi connectivity index (χ1v) is 6.58. The Morgan fingerprint density at radius 1 is 1.44 bits per heavy atom. The Balaban J connectivity index is 2.17. The monoisotopic (exact) mass is 228 g/mol. The summed E-state index contributed by atoms with van der Waals surface area (Å²) in [5.41, 5.74) is 0.109. The lowest BCUT2D eigenvalue weighted by Crippen LogP contribution is -2.45. The van der Waals surface area contributed by atoms with Crippen molar-refractivity contribution in [1.29, 1.82) is 0 Å². The average molecular weight is 228 g/mol. The maximum atomic E-state index is 5.84. The van der Waals surface area contributed by atoms with Gasteiger partial charge in [0.25, 0.3) is 0 Å². The molecule has 1 rings (SSSR count). The summed E-state index contributed by atoms with van der Waals surface area (Å²) in [6.45, 7) is 7.66. The van der Waals surface area contributed by atoms with Crippen LogP contribution in [-0.2, 0) is 4.74 Å². The lowest BCUT2D eigenvalue weighted by molar-refractivity contribution is -0.0778. The van der Waals surface area contributed by atoms with Crippen molar-refractivity contribution >= 4 is 0 Å². The molecule has 1 aliphatic rings. The lowest BCUT2D eigenvalue weighted by Gasteiger charge is -2.38. The summed E-state index contributed by atoms with van der Waals surface area (Å²) in [6, 6.07) is 0.654. The van der Waals surface area contributed by atoms with Crippen molar-refractivity contribution in [2.75, 3.05) is 33.8 Å². The van der Waals surface area contributed by atoms with Gasteiger partial charge in [-0.15, -0.1) is 0 Å². The van der Waals surface area contributed by atoms with Gasteiger partial charge in [0.1, 0.15) is 0 Å². The Kier molecular flexibility index (Phi) is 5.73. The summed E-state index contributed by atoms with van der Waals surface area (Å²) in [5, 5.41) is 3.66. The fourth-order valence-corrected chi connectivity index (χ4v) is 2.25. The van der Waals surface area contributed by atoms with Crippen LogP contribution >= 0.6 is 0 Å². The van der Waals surface area contributed by atoms with Gasteiger partial charge in [-0.2, -0.15) is 0 Å². The van der Waals surface area contributed by atoms with Crippen LogP contribution in [0.1, 0.15) is 39.5 Å². The van der Waals surface area contributed by atoms with Gasteiger partial charge in [0.15, 0.2) is 0 Å². The van der Waals surface area contributed by atoms with E-state index >= 15 is 0 Å². The molecule has 0 aromatic rings. The zero-order chi connectivity index (χ0) is 12.0. The van der Waals surface area contributed by atoms with Gasteiger partial charge in [-0.25, -0.2) is 0 Å². The molecule has 1 aliphatic heterocycles. The van der Waals surface area contributed by atoms with Crippen LogP contribution in [0.4, 0.5) is 0 Å². The quantitative estimate of drug-likeness (QED) is 0.703. The van der Waals surface area contributed by atoms with Gasteiger partial charge < -0.3 is 15.0 Å². The zero-order valence-corrected chi connectivity index (χ0v) is 11.4. The Bertz CT molecular complexity index is 196. The summed E-state index contributed by atoms with van der Waals surface area (Å²) in [5.74, 6) is 0. The molecule has 1 fully saturated rings. The molecule has 1 heterocycles. The number of ether oxygens (including phenoxy) is 1. The number of nitrogens with one attached hydrogen (secondary N) is 1. The van der Waals surface area contributed by atoms with E-state index in [9.17, 15) is 0 Å². The molecule has 16 heavy (non-hydrogen) atoms. The summed E-state index contributed by atoms with van der Waals surface area (Å²) < 4.78 is 5.84. The van der Waals surface area contributed by atoms with E-state index in [-0.39, 0.29) is 5.60 Å². The minimum atomic E-state index is 0.109. The maximum Gasteiger partial charge on any atom is 0.0666 e. The van der Waals surface area contributed by atoms with Crippen LogP contribution in [0.2, 0.25) is 0 Å². The van der Waals surface area contributed by atoms with E-state index in [2.05, 4.69) is 38.2 Å². The van der Waals surface area contributed by atoms with E-state index < -0.39 is 0 Å². The molecule has 0 aromatic carbocycles. The summed E-state index contributed by atoms with van der Waals surface area (Å²) >= 11 is 0. The SMILES string of the molecule is CCC1(C)CC(NCCCN(C)C)CCO1. The molecule has 3 heteroatoms. The minimum Gasteiger partial charge on any atom is -0.375 e. The highest BCUT2D eigenvalue weighted by atomic mass is 16.5. The van der Waals surface area contributed by atoms with Crippen LogP contribution in [0.5, 0.6) is 0 Å². The maximum absolute atomic E-state index is 5.84. The fraction of sp³-hybridized carbons (Fsp3) is 1.00. The third-order valence-corrected chi connectivity index (χ3v) is 3.56. The molecule has 96 valence electrons. The molecule has 1 N–H and O–H groups in total. The van der Waals surface area contributed by atoms with E-state index in [0.29, 0.717) is 6.04 Å². The third kappa shape index (κ3) is 4.81. The van der Waals surface area contributed by atoms with Crippen LogP contribution in [0, 0.1) is 0 Å². The van der Waals surface area contributed by atoms with Crippen LogP contribution in [-0.4, -0.2) is 50.3 Å². The molecular weight excluding hydrogens is 200 g/mol.